The Morgan fingerprint density at radius 3 is 2.55 bits per heavy atom. The third kappa shape index (κ3) is 4.76. The molecule has 0 aliphatic heterocycles. The third-order valence-corrected chi connectivity index (χ3v) is 4.65. The number of aryl methyl sites for hydroxylation is 1. The van der Waals surface area contributed by atoms with E-state index in [0.29, 0.717) is 34.0 Å². The van der Waals surface area contributed by atoms with E-state index in [4.69, 9.17) is 16.3 Å². The average molecular weight is 410 g/mol. The van der Waals surface area contributed by atoms with E-state index in [9.17, 15) is 14.7 Å². The second-order valence-electron chi connectivity index (χ2n) is 6.56. The first-order chi connectivity index (χ1) is 13.9. The van der Waals surface area contributed by atoms with Gasteiger partial charge in [-0.15, -0.1) is 0 Å². The van der Waals surface area contributed by atoms with E-state index in [1.54, 1.807) is 36.4 Å². The monoisotopic (exact) mass is 409 g/mol. The number of halogens is 1. The number of phenols is 1. The lowest BCUT2D eigenvalue weighted by atomic mass is 10.1. The number of allylic oxidation sites excluding steroid dienone is 1. The fourth-order valence-corrected chi connectivity index (χ4v) is 3.18. The Morgan fingerprint density at radius 1 is 1.14 bits per heavy atom. The Balaban J connectivity index is 1.85. The molecule has 3 aromatic rings. The topological polar surface area (TPSA) is 68.5 Å². The number of carbonyl (C=O) groups is 2. The molecule has 1 aromatic heterocycles. The number of rotatable bonds is 6. The first-order valence-electron chi connectivity index (χ1n) is 8.94. The van der Waals surface area contributed by atoms with Crippen LogP contribution in [0.3, 0.4) is 0 Å². The maximum atomic E-state index is 12.8. The molecule has 6 heteroatoms. The number of ketones is 1. The lowest BCUT2D eigenvalue weighted by Crippen LogP contribution is -2.09. The van der Waals surface area contributed by atoms with Gasteiger partial charge in [-0.25, -0.2) is 4.79 Å². The van der Waals surface area contributed by atoms with Crippen LogP contribution >= 0.6 is 11.6 Å². The number of ether oxygens (including phenoxy) is 1. The number of aromatic nitrogens is 1. The Bertz CT molecular complexity index is 1080. The summed E-state index contributed by atoms with van der Waals surface area (Å²) in [7, 11) is 1.32. The quantitative estimate of drug-likeness (QED) is 0.465. The zero-order chi connectivity index (χ0) is 21.0. The molecule has 0 aliphatic carbocycles. The molecule has 2 aromatic carbocycles. The molecule has 0 saturated heterocycles. The number of methoxy groups -OCH3 is 1. The van der Waals surface area contributed by atoms with Crippen molar-refractivity contribution in [2.45, 2.75) is 13.5 Å². The normalized spacial score (nSPS) is 11.0. The standard InChI is InChI=1S/C23H20ClNO4/c1-15-12-21(22(27)17-6-9-19(26)10-7-17)25(14-15)11-3-4-16-5-8-18(24)13-20(16)23(28)29-2/h3-10,12-14,26H,11H2,1-2H3. The van der Waals surface area contributed by atoms with Gasteiger partial charge in [0.15, 0.2) is 0 Å². The molecule has 5 nitrogen and oxygen atoms in total. The largest absolute Gasteiger partial charge is 0.508 e. The SMILES string of the molecule is COC(=O)c1cc(Cl)ccc1C=CCn1cc(C)cc1C(=O)c1ccc(O)cc1. The predicted octanol–water partition coefficient (Wildman–Crippen LogP) is 4.89. The van der Waals surface area contributed by atoms with E-state index in [2.05, 4.69) is 0 Å². The Kier molecular flexibility index (Phi) is 6.20. The zero-order valence-corrected chi connectivity index (χ0v) is 16.8. The lowest BCUT2D eigenvalue weighted by Gasteiger charge is -2.07. The highest BCUT2D eigenvalue weighted by atomic mass is 35.5. The van der Waals surface area contributed by atoms with E-state index in [0.717, 1.165) is 5.56 Å². The summed E-state index contributed by atoms with van der Waals surface area (Å²) in [4.78, 5) is 24.8. The summed E-state index contributed by atoms with van der Waals surface area (Å²) in [6, 6.07) is 13.0. The van der Waals surface area contributed by atoms with Crippen molar-refractivity contribution in [3.63, 3.8) is 0 Å². The minimum absolute atomic E-state index is 0.112. The number of carbonyl (C=O) groups excluding carboxylic acids is 2. The van der Waals surface area contributed by atoms with Crippen molar-refractivity contribution < 1.29 is 19.4 Å². The van der Waals surface area contributed by atoms with Crippen molar-refractivity contribution in [3.05, 3.63) is 93.8 Å². The van der Waals surface area contributed by atoms with Gasteiger partial charge in [-0.05, 0) is 60.5 Å². The molecule has 3 rings (SSSR count). The minimum Gasteiger partial charge on any atom is -0.508 e. The van der Waals surface area contributed by atoms with Crippen LogP contribution in [0.15, 0.2) is 60.8 Å². The van der Waals surface area contributed by atoms with Gasteiger partial charge in [-0.2, -0.15) is 0 Å². The van der Waals surface area contributed by atoms with E-state index in [1.807, 2.05) is 29.8 Å². The molecule has 0 fully saturated rings. The predicted molar refractivity (Wildman–Crippen MR) is 113 cm³/mol. The van der Waals surface area contributed by atoms with Crippen LogP contribution < -0.4 is 0 Å². The van der Waals surface area contributed by atoms with Crippen molar-refractivity contribution in [2.24, 2.45) is 0 Å². The molecule has 0 saturated carbocycles. The van der Waals surface area contributed by atoms with Gasteiger partial charge in [0.05, 0.1) is 18.4 Å². The molecule has 0 amide bonds. The summed E-state index contributed by atoms with van der Waals surface area (Å²) in [5.74, 6) is -0.485. The van der Waals surface area contributed by atoms with Gasteiger partial charge in [0, 0.05) is 23.3 Å². The van der Waals surface area contributed by atoms with Crippen LogP contribution in [-0.2, 0) is 11.3 Å². The fourth-order valence-electron chi connectivity index (χ4n) is 3.01. The highest BCUT2D eigenvalue weighted by Crippen LogP contribution is 2.20. The Hall–Kier alpha value is -3.31. The molecule has 1 heterocycles. The fraction of sp³-hybridized carbons (Fsp3) is 0.130. The second-order valence-corrected chi connectivity index (χ2v) is 6.99. The van der Waals surface area contributed by atoms with Gasteiger partial charge in [0.25, 0.3) is 0 Å². The van der Waals surface area contributed by atoms with Crippen LogP contribution in [0, 0.1) is 6.92 Å². The molecule has 29 heavy (non-hydrogen) atoms. The van der Waals surface area contributed by atoms with Crippen LogP contribution in [0.2, 0.25) is 5.02 Å². The van der Waals surface area contributed by atoms with Crippen molar-refractivity contribution in [1.82, 2.24) is 4.57 Å². The molecule has 148 valence electrons. The highest BCUT2D eigenvalue weighted by molar-refractivity contribution is 6.31. The van der Waals surface area contributed by atoms with Gasteiger partial charge >= 0.3 is 5.97 Å². The van der Waals surface area contributed by atoms with Crippen molar-refractivity contribution in [1.29, 1.82) is 0 Å². The number of phenolic OH excluding ortho intramolecular Hbond substituents is 1. The molecule has 0 aliphatic rings. The number of hydrogen-bond acceptors (Lipinski definition) is 4. The summed E-state index contributed by atoms with van der Waals surface area (Å²) in [6.07, 6.45) is 5.55. The van der Waals surface area contributed by atoms with Gasteiger partial charge in [-0.3, -0.25) is 4.79 Å². The van der Waals surface area contributed by atoms with Crippen LogP contribution in [0.1, 0.15) is 37.5 Å². The van der Waals surface area contributed by atoms with Crippen molar-refractivity contribution in [3.8, 4) is 5.75 Å². The van der Waals surface area contributed by atoms with Crippen LogP contribution in [0.5, 0.6) is 5.75 Å². The highest BCUT2D eigenvalue weighted by Gasteiger charge is 2.15. The van der Waals surface area contributed by atoms with Crippen LogP contribution in [0.4, 0.5) is 0 Å². The van der Waals surface area contributed by atoms with Crippen molar-refractivity contribution in [2.75, 3.05) is 7.11 Å². The second kappa shape index (κ2) is 8.80. The number of aromatic hydroxyl groups is 1. The van der Waals surface area contributed by atoms with Crippen molar-refractivity contribution >= 4 is 29.4 Å². The number of nitrogens with zero attached hydrogens (tertiary/aromatic N) is 1. The van der Waals surface area contributed by atoms with E-state index in [1.165, 1.54) is 19.2 Å². The number of benzene rings is 2. The van der Waals surface area contributed by atoms with E-state index >= 15 is 0 Å². The smallest absolute Gasteiger partial charge is 0.338 e. The molecular weight excluding hydrogens is 390 g/mol. The molecule has 0 bridgehead atoms. The lowest BCUT2D eigenvalue weighted by molar-refractivity contribution is 0.0600. The molecular formula is C23H20ClNO4. The van der Waals surface area contributed by atoms with Gasteiger partial charge in [0.2, 0.25) is 5.78 Å². The average Bonchev–Trinajstić information content (AvgIpc) is 3.09. The third-order valence-electron chi connectivity index (χ3n) is 4.42. The molecule has 0 unspecified atom stereocenters. The molecule has 0 spiro atoms. The molecule has 0 atom stereocenters. The summed E-state index contributed by atoms with van der Waals surface area (Å²) < 4.78 is 6.65. The van der Waals surface area contributed by atoms with Gasteiger partial charge in [0.1, 0.15) is 5.75 Å². The van der Waals surface area contributed by atoms with Crippen LogP contribution in [0.25, 0.3) is 6.08 Å². The zero-order valence-electron chi connectivity index (χ0n) is 16.1. The minimum atomic E-state index is -0.466. The Labute approximate surface area is 173 Å². The first kappa shape index (κ1) is 20.4. The number of esters is 1. The van der Waals surface area contributed by atoms with E-state index in [-0.39, 0.29) is 11.5 Å². The molecule has 0 radical (unpaired) electrons. The maximum Gasteiger partial charge on any atom is 0.338 e. The van der Waals surface area contributed by atoms with Crippen LogP contribution in [-0.4, -0.2) is 28.5 Å². The summed E-state index contributed by atoms with van der Waals surface area (Å²) in [5, 5.41) is 9.87. The molecule has 1 N–H and O–H groups in total. The number of hydrogen-bond donors (Lipinski definition) is 1. The summed E-state index contributed by atoms with van der Waals surface area (Å²) in [6.45, 7) is 2.36. The van der Waals surface area contributed by atoms with E-state index < -0.39 is 5.97 Å². The first-order valence-corrected chi connectivity index (χ1v) is 9.31. The van der Waals surface area contributed by atoms with Gasteiger partial charge < -0.3 is 14.4 Å². The summed E-state index contributed by atoms with van der Waals surface area (Å²) in [5.41, 5.74) is 3.05. The summed E-state index contributed by atoms with van der Waals surface area (Å²) >= 11 is 5.99. The Morgan fingerprint density at radius 2 is 1.86 bits per heavy atom. The van der Waals surface area contributed by atoms with Gasteiger partial charge in [-0.1, -0.05) is 29.8 Å². The maximum absolute atomic E-state index is 12.8.